The molecule has 0 radical (unpaired) electrons. The lowest BCUT2D eigenvalue weighted by molar-refractivity contribution is 0.0652. The summed E-state index contributed by atoms with van der Waals surface area (Å²) in [6.07, 6.45) is 0. The molecule has 0 unspecified atom stereocenters. The van der Waals surface area contributed by atoms with Crippen LogP contribution in [-0.2, 0) is 0 Å². The lowest BCUT2D eigenvalue weighted by atomic mass is 10.1. The van der Waals surface area contributed by atoms with Crippen LogP contribution in [0, 0.1) is 0 Å². The molecule has 0 aliphatic heterocycles. The molecule has 0 amide bonds. The van der Waals surface area contributed by atoms with Crippen LogP contribution in [-0.4, -0.2) is 21.3 Å². The lowest BCUT2D eigenvalue weighted by Gasteiger charge is -2.00. The van der Waals surface area contributed by atoms with Crippen molar-refractivity contribution in [1.29, 1.82) is 0 Å². The molecule has 82 valence electrons. The Bertz CT molecular complexity index is 550. The third-order valence-electron chi connectivity index (χ3n) is 1.95. The van der Waals surface area contributed by atoms with Crippen molar-refractivity contribution >= 4 is 21.9 Å². The van der Waals surface area contributed by atoms with Gasteiger partial charge in [-0.2, -0.15) is 0 Å². The first kappa shape index (κ1) is 10.7. The molecule has 0 saturated carbocycles. The van der Waals surface area contributed by atoms with Gasteiger partial charge < -0.3 is 14.7 Å². The predicted octanol–water partition coefficient (Wildman–Crippen LogP) is 2.51. The van der Waals surface area contributed by atoms with Crippen LogP contribution in [0.3, 0.4) is 0 Å². The van der Waals surface area contributed by atoms with E-state index in [2.05, 4.69) is 25.6 Å². The molecule has 1 aromatic carbocycles. The van der Waals surface area contributed by atoms with Gasteiger partial charge in [0.25, 0.3) is 0 Å². The fraction of sp³-hybridized carbons (Fsp3) is 0. The van der Waals surface area contributed by atoms with E-state index in [9.17, 15) is 9.90 Å². The predicted molar refractivity (Wildman–Crippen MR) is 58.3 cm³/mol. The van der Waals surface area contributed by atoms with Gasteiger partial charge >= 0.3 is 5.97 Å². The average molecular weight is 284 g/mol. The number of aromatic carboxylic acids is 1. The van der Waals surface area contributed by atoms with E-state index in [4.69, 9.17) is 5.11 Å². The third kappa shape index (κ3) is 1.92. The molecule has 2 N–H and O–H groups in total. The molecule has 5 nitrogen and oxygen atoms in total. The Kier molecular flexibility index (Phi) is 2.66. The van der Waals surface area contributed by atoms with E-state index in [0.717, 1.165) is 0 Å². The number of nitrogens with zero attached hydrogens (tertiary/aromatic N) is 1. The van der Waals surface area contributed by atoms with Gasteiger partial charge in [-0.1, -0.05) is 21.1 Å². The molecule has 1 aromatic heterocycles. The Hall–Kier alpha value is -1.82. The zero-order valence-corrected chi connectivity index (χ0v) is 9.43. The Morgan fingerprint density at radius 2 is 2.12 bits per heavy atom. The minimum absolute atomic E-state index is 0.0677. The normalized spacial score (nSPS) is 10.3. The summed E-state index contributed by atoms with van der Waals surface area (Å²) in [6, 6.07) is 5.90. The fourth-order valence-corrected chi connectivity index (χ4v) is 1.66. The quantitative estimate of drug-likeness (QED) is 0.885. The SMILES string of the molecule is O=C(O)c1cc(-c2cc(O)ccc2Br)no1. The van der Waals surface area contributed by atoms with Gasteiger partial charge in [0.15, 0.2) is 0 Å². The number of aromatic hydroxyl groups is 1. The molecular formula is C10H6BrNO4. The van der Waals surface area contributed by atoms with Crippen molar-refractivity contribution in [3.05, 3.63) is 34.5 Å². The third-order valence-corrected chi connectivity index (χ3v) is 2.64. The Balaban J connectivity index is 2.50. The summed E-state index contributed by atoms with van der Waals surface area (Å²) in [5, 5.41) is 21.6. The van der Waals surface area contributed by atoms with Crippen LogP contribution in [0.25, 0.3) is 11.3 Å². The number of carbonyl (C=O) groups is 1. The molecule has 0 aliphatic rings. The standard InChI is InChI=1S/C10H6BrNO4/c11-7-2-1-5(13)3-6(7)8-4-9(10(14)15)16-12-8/h1-4,13H,(H,14,15). The van der Waals surface area contributed by atoms with Crippen molar-refractivity contribution in [2.24, 2.45) is 0 Å². The van der Waals surface area contributed by atoms with Gasteiger partial charge in [-0.05, 0) is 18.2 Å². The van der Waals surface area contributed by atoms with Crippen LogP contribution < -0.4 is 0 Å². The molecule has 0 aliphatic carbocycles. The highest BCUT2D eigenvalue weighted by Crippen LogP contribution is 2.30. The average Bonchev–Trinajstić information content (AvgIpc) is 2.70. The first-order chi connectivity index (χ1) is 7.58. The van der Waals surface area contributed by atoms with Gasteiger partial charge in [0, 0.05) is 16.1 Å². The molecule has 0 fully saturated rings. The van der Waals surface area contributed by atoms with Gasteiger partial charge in [-0.3, -0.25) is 0 Å². The van der Waals surface area contributed by atoms with E-state index in [1.54, 1.807) is 6.07 Å². The molecule has 0 saturated heterocycles. The second-order valence-electron chi connectivity index (χ2n) is 3.05. The van der Waals surface area contributed by atoms with Crippen LogP contribution in [0.15, 0.2) is 33.3 Å². The lowest BCUT2D eigenvalue weighted by Crippen LogP contribution is -1.91. The second-order valence-corrected chi connectivity index (χ2v) is 3.90. The summed E-state index contributed by atoms with van der Waals surface area (Å²) < 4.78 is 5.31. The van der Waals surface area contributed by atoms with Crippen LogP contribution in [0.4, 0.5) is 0 Å². The number of phenols is 1. The highest BCUT2D eigenvalue weighted by Gasteiger charge is 2.14. The molecule has 2 rings (SSSR count). The van der Waals surface area contributed by atoms with Crippen LogP contribution in [0.1, 0.15) is 10.6 Å². The number of benzene rings is 1. The maximum atomic E-state index is 10.6. The zero-order chi connectivity index (χ0) is 11.7. The largest absolute Gasteiger partial charge is 0.508 e. The van der Waals surface area contributed by atoms with E-state index in [1.807, 2.05) is 0 Å². The first-order valence-electron chi connectivity index (χ1n) is 4.27. The van der Waals surface area contributed by atoms with Gasteiger partial charge in [-0.25, -0.2) is 4.79 Å². The van der Waals surface area contributed by atoms with Crippen molar-refractivity contribution in [3.8, 4) is 17.0 Å². The summed E-state index contributed by atoms with van der Waals surface area (Å²) in [6.45, 7) is 0. The molecule has 16 heavy (non-hydrogen) atoms. The Labute approximate surface area is 98.4 Å². The first-order valence-corrected chi connectivity index (χ1v) is 5.06. The summed E-state index contributed by atoms with van der Waals surface area (Å²) >= 11 is 3.27. The Morgan fingerprint density at radius 3 is 2.75 bits per heavy atom. The molecule has 1 heterocycles. The van der Waals surface area contributed by atoms with E-state index >= 15 is 0 Å². The number of carboxylic acids is 1. The number of rotatable bonds is 2. The number of hydrogen-bond acceptors (Lipinski definition) is 4. The maximum absolute atomic E-state index is 10.6. The smallest absolute Gasteiger partial charge is 0.374 e. The number of hydrogen-bond donors (Lipinski definition) is 2. The topological polar surface area (TPSA) is 83.6 Å². The number of aromatic nitrogens is 1. The van der Waals surface area contributed by atoms with Crippen molar-refractivity contribution in [1.82, 2.24) is 5.16 Å². The number of halogens is 1. The van der Waals surface area contributed by atoms with Crippen molar-refractivity contribution < 1.29 is 19.5 Å². The summed E-state index contributed by atoms with van der Waals surface area (Å²) in [7, 11) is 0. The van der Waals surface area contributed by atoms with Gasteiger partial charge in [0.1, 0.15) is 11.4 Å². The second kappa shape index (κ2) is 3.97. The van der Waals surface area contributed by atoms with Crippen LogP contribution in [0.5, 0.6) is 5.75 Å². The van der Waals surface area contributed by atoms with Gasteiger partial charge in [0.05, 0.1) is 0 Å². The van der Waals surface area contributed by atoms with E-state index < -0.39 is 5.97 Å². The molecular weight excluding hydrogens is 278 g/mol. The van der Waals surface area contributed by atoms with Crippen molar-refractivity contribution in [2.45, 2.75) is 0 Å². The van der Waals surface area contributed by atoms with Gasteiger partial charge in [0.2, 0.25) is 5.76 Å². The zero-order valence-electron chi connectivity index (χ0n) is 7.85. The molecule has 0 bridgehead atoms. The van der Waals surface area contributed by atoms with Crippen LogP contribution >= 0.6 is 15.9 Å². The molecule has 0 atom stereocenters. The minimum Gasteiger partial charge on any atom is -0.508 e. The fourth-order valence-electron chi connectivity index (χ4n) is 1.21. The Morgan fingerprint density at radius 1 is 1.38 bits per heavy atom. The molecule has 6 heteroatoms. The summed E-state index contributed by atoms with van der Waals surface area (Å²) in [4.78, 5) is 10.6. The highest BCUT2D eigenvalue weighted by atomic mass is 79.9. The summed E-state index contributed by atoms with van der Waals surface area (Å²) in [5.41, 5.74) is 0.913. The van der Waals surface area contributed by atoms with Gasteiger partial charge in [-0.15, -0.1) is 0 Å². The number of phenolic OH excluding ortho intramolecular Hbond substituents is 1. The van der Waals surface area contributed by atoms with E-state index in [1.165, 1.54) is 18.2 Å². The van der Waals surface area contributed by atoms with E-state index in [-0.39, 0.29) is 11.5 Å². The highest BCUT2D eigenvalue weighted by molar-refractivity contribution is 9.10. The van der Waals surface area contributed by atoms with Crippen molar-refractivity contribution in [2.75, 3.05) is 0 Å². The maximum Gasteiger partial charge on any atom is 0.374 e. The number of carboxylic acid groups (broad SMARTS) is 1. The minimum atomic E-state index is -1.19. The summed E-state index contributed by atoms with van der Waals surface area (Å²) in [5.74, 6) is -1.36. The van der Waals surface area contributed by atoms with Crippen LogP contribution in [0.2, 0.25) is 0 Å². The van der Waals surface area contributed by atoms with Crippen molar-refractivity contribution in [3.63, 3.8) is 0 Å². The monoisotopic (exact) mass is 283 g/mol. The molecule has 0 spiro atoms. The molecule has 2 aromatic rings. The van der Waals surface area contributed by atoms with E-state index in [0.29, 0.717) is 15.7 Å².